The van der Waals surface area contributed by atoms with Gasteiger partial charge >= 0.3 is 33.0 Å². The van der Waals surface area contributed by atoms with Crippen molar-refractivity contribution in [3.8, 4) is 0 Å². The van der Waals surface area contributed by atoms with E-state index in [4.69, 9.17) is 0 Å². The van der Waals surface area contributed by atoms with Crippen LogP contribution in [0.5, 0.6) is 0 Å². The summed E-state index contributed by atoms with van der Waals surface area (Å²) in [4.78, 5) is 0. The van der Waals surface area contributed by atoms with Crippen molar-refractivity contribution in [2.24, 2.45) is 0 Å². The van der Waals surface area contributed by atoms with E-state index in [-0.39, 0.29) is 0 Å². The topological polar surface area (TPSA) is 0 Å². The van der Waals surface area contributed by atoms with Gasteiger partial charge in [0.1, 0.15) is 5.75 Å². The number of hydrogen-bond donors (Lipinski definition) is 0. The molecule has 0 aliphatic carbocycles. The van der Waals surface area contributed by atoms with Crippen molar-refractivity contribution in [2.75, 3.05) is 18.3 Å². The van der Waals surface area contributed by atoms with E-state index in [1.807, 2.05) is 0 Å². The third-order valence-corrected chi connectivity index (χ3v) is 3.51. The summed E-state index contributed by atoms with van der Waals surface area (Å²) in [7, 11) is -9.98. The fourth-order valence-corrected chi connectivity index (χ4v) is 2.31. The minimum absolute atomic E-state index is 0.674. The molecule has 0 amide bonds. The van der Waals surface area contributed by atoms with Crippen LogP contribution in [-0.4, -0.2) is 18.3 Å². The van der Waals surface area contributed by atoms with Gasteiger partial charge in [0, 0.05) is 0 Å². The molecule has 0 aromatic rings. The van der Waals surface area contributed by atoms with Gasteiger partial charge < -0.3 is 0 Å². The van der Waals surface area contributed by atoms with Gasteiger partial charge in [-0.1, -0.05) is 45.4 Å². The maximum atomic E-state index is 9.87. The van der Waals surface area contributed by atoms with Gasteiger partial charge in [-0.2, -0.15) is 0 Å². The Bertz CT molecular complexity index is 224. The van der Waals surface area contributed by atoms with Crippen molar-refractivity contribution < 1.29 is 25.2 Å². The molecule has 20 heavy (non-hydrogen) atoms. The third-order valence-electron chi connectivity index (χ3n) is 2.41. The van der Waals surface area contributed by atoms with Crippen molar-refractivity contribution in [3.63, 3.8) is 0 Å². The van der Waals surface area contributed by atoms with E-state index in [0.29, 0.717) is 10.9 Å². The molecular formula is C12H27F6PS. The molecular weight excluding hydrogens is 321 g/mol. The van der Waals surface area contributed by atoms with Crippen molar-refractivity contribution in [1.82, 2.24) is 0 Å². The summed E-state index contributed by atoms with van der Waals surface area (Å²) >= 11 is 0. The Morgan fingerprint density at radius 2 is 0.950 bits per heavy atom. The third kappa shape index (κ3) is 51.6. The Labute approximate surface area is 121 Å². The molecule has 0 aromatic carbocycles. The summed E-state index contributed by atoms with van der Waals surface area (Å²) in [6.45, 7) is 2.28. The first-order valence-electron chi connectivity index (χ1n) is 6.83. The molecule has 0 bridgehead atoms. The van der Waals surface area contributed by atoms with E-state index < -0.39 is 7.81 Å². The average Bonchev–Trinajstić information content (AvgIpc) is 2.17. The Morgan fingerprint density at radius 3 is 1.25 bits per heavy atom. The molecule has 0 N–H and O–H groups in total. The first-order chi connectivity index (χ1) is 8.72. The predicted octanol–water partition coefficient (Wildman–Crippen LogP) is 7.39. The minimum atomic E-state index is -10.7. The van der Waals surface area contributed by atoms with Crippen LogP contribution in [0.2, 0.25) is 0 Å². The van der Waals surface area contributed by atoms with Crippen LogP contribution in [0.3, 0.4) is 0 Å². The molecule has 0 saturated heterocycles. The average molecular weight is 348 g/mol. The van der Waals surface area contributed by atoms with Crippen LogP contribution in [0, 0.1) is 0 Å². The molecule has 128 valence electrons. The zero-order valence-electron chi connectivity index (χ0n) is 12.5. The second kappa shape index (κ2) is 8.72. The van der Waals surface area contributed by atoms with Crippen molar-refractivity contribution in [2.45, 2.75) is 58.3 Å². The quantitative estimate of drug-likeness (QED) is 0.176. The van der Waals surface area contributed by atoms with Crippen molar-refractivity contribution >= 4 is 18.7 Å². The summed E-state index contributed by atoms with van der Waals surface area (Å²) in [6.07, 6.45) is 16.3. The van der Waals surface area contributed by atoms with E-state index in [1.165, 1.54) is 57.1 Å². The van der Waals surface area contributed by atoms with Gasteiger partial charge in [0.15, 0.2) is 0 Å². The molecule has 0 aliphatic rings. The van der Waals surface area contributed by atoms with E-state index >= 15 is 0 Å². The molecule has 0 saturated carbocycles. The molecule has 0 nitrogen and oxygen atoms in total. The Morgan fingerprint density at radius 1 is 0.650 bits per heavy atom. The molecule has 0 heterocycles. The Hall–Kier alpha value is 0.360. The van der Waals surface area contributed by atoms with Crippen LogP contribution >= 0.6 is 7.81 Å². The van der Waals surface area contributed by atoms with Crippen LogP contribution in [0.4, 0.5) is 25.2 Å². The van der Waals surface area contributed by atoms with Gasteiger partial charge in [0.25, 0.3) is 0 Å². The van der Waals surface area contributed by atoms with Crippen LogP contribution in [-0.2, 0) is 10.9 Å². The first-order valence-corrected chi connectivity index (χ1v) is 11.1. The first kappa shape index (κ1) is 22.6. The van der Waals surface area contributed by atoms with E-state index in [0.717, 1.165) is 0 Å². The molecule has 0 unspecified atom stereocenters. The summed E-state index contributed by atoms with van der Waals surface area (Å²) in [5.41, 5.74) is 0. The van der Waals surface area contributed by atoms with Crippen LogP contribution in [0.1, 0.15) is 58.3 Å². The fraction of sp³-hybridized carbons (Fsp3) is 1.00. The maximum absolute atomic E-state index is 10.7. The number of rotatable bonds is 9. The zero-order valence-corrected chi connectivity index (χ0v) is 14.2. The van der Waals surface area contributed by atoms with Crippen LogP contribution < -0.4 is 0 Å². The number of halogens is 6. The second-order valence-electron chi connectivity index (χ2n) is 5.12. The van der Waals surface area contributed by atoms with Gasteiger partial charge in [-0.05, 0) is 23.7 Å². The molecule has 8 heteroatoms. The normalized spacial score (nSPS) is 15.3. The second-order valence-corrected chi connectivity index (χ2v) is 9.42. The predicted molar refractivity (Wildman–Crippen MR) is 80.3 cm³/mol. The molecule has 0 rings (SSSR count). The SMILES string of the molecule is CCCCCCCCCC[S+](C)C.F[P-](F)(F)(F)(F)F. The van der Waals surface area contributed by atoms with Gasteiger partial charge in [-0.3, -0.25) is 0 Å². The number of unbranched alkanes of at least 4 members (excludes halogenated alkanes) is 7. The van der Waals surface area contributed by atoms with E-state index in [2.05, 4.69) is 19.4 Å². The Balaban J connectivity index is 0. The molecule has 0 radical (unpaired) electrons. The van der Waals surface area contributed by atoms with E-state index in [1.54, 1.807) is 0 Å². The van der Waals surface area contributed by atoms with Crippen LogP contribution in [0.15, 0.2) is 0 Å². The van der Waals surface area contributed by atoms with Crippen LogP contribution in [0.25, 0.3) is 0 Å². The zero-order chi connectivity index (χ0) is 16.3. The molecule has 0 atom stereocenters. The van der Waals surface area contributed by atoms with E-state index in [9.17, 15) is 25.2 Å². The monoisotopic (exact) mass is 348 g/mol. The summed E-state index contributed by atoms with van der Waals surface area (Å²) in [5.74, 6) is 1.45. The molecule has 0 fully saturated rings. The fourth-order valence-electron chi connectivity index (χ4n) is 1.52. The number of hydrogen-bond acceptors (Lipinski definition) is 0. The van der Waals surface area contributed by atoms with Gasteiger partial charge in [0.2, 0.25) is 0 Å². The van der Waals surface area contributed by atoms with Crippen molar-refractivity contribution in [1.29, 1.82) is 0 Å². The van der Waals surface area contributed by atoms with Gasteiger partial charge in [0.05, 0.1) is 12.5 Å². The standard InChI is InChI=1S/C12H27S.F6P/c1-4-5-6-7-8-9-10-11-12-13(2)3;1-7(2,3,4,5)6/h4-12H2,1-3H3;/q+1;-1. The summed E-state index contributed by atoms with van der Waals surface area (Å²) in [5, 5.41) is 0. The molecule has 0 aromatic heterocycles. The van der Waals surface area contributed by atoms with Gasteiger partial charge in [-0.15, -0.1) is 0 Å². The molecule has 0 aliphatic heterocycles. The van der Waals surface area contributed by atoms with Crippen molar-refractivity contribution in [3.05, 3.63) is 0 Å². The Kier molecular flexibility index (Phi) is 9.87. The van der Waals surface area contributed by atoms with Gasteiger partial charge in [-0.25, -0.2) is 0 Å². The summed E-state index contributed by atoms with van der Waals surface area (Å²) < 4.78 is 59.2. The summed E-state index contributed by atoms with van der Waals surface area (Å²) in [6, 6.07) is 0. The molecule has 0 spiro atoms.